The molecule has 0 N–H and O–H groups in total. The van der Waals surface area contributed by atoms with Crippen LogP contribution in [-0.2, 0) is 33.3 Å². The van der Waals surface area contributed by atoms with Gasteiger partial charge in [-0.2, -0.15) is 0 Å². The molecule has 25 heavy (non-hydrogen) atoms. The van der Waals surface area contributed by atoms with Gasteiger partial charge in [-0.05, 0) is 25.7 Å². The minimum Gasteiger partial charge on any atom is -0.469 e. The molecule has 0 radical (unpaired) electrons. The number of fused-ring (bicyclic) bond motifs is 3. The molecule has 7 heteroatoms. The van der Waals surface area contributed by atoms with Crippen molar-refractivity contribution in [2.45, 2.75) is 93.8 Å². The number of aldehydes is 1. The maximum Gasteiger partial charge on any atom is 0.308 e. The van der Waals surface area contributed by atoms with Crippen molar-refractivity contribution in [2.75, 3.05) is 7.11 Å². The molecule has 0 amide bonds. The van der Waals surface area contributed by atoms with Crippen molar-refractivity contribution in [3.05, 3.63) is 0 Å². The summed E-state index contributed by atoms with van der Waals surface area (Å²) in [6.45, 7) is 0. The van der Waals surface area contributed by atoms with E-state index in [1.165, 1.54) is 13.5 Å². The van der Waals surface area contributed by atoms with Gasteiger partial charge in [-0.25, -0.2) is 0 Å². The van der Waals surface area contributed by atoms with Gasteiger partial charge < -0.3 is 28.5 Å². The summed E-state index contributed by atoms with van der Waals surface area (Å²) in [6.07, 6.45) is 5.36. The highest BCUT2D eigenvalue weighted by atomic mass is 16.8. The van der Waals surface area contributed by atoms with E-state index in [1.807, 2.05) is 0 Å². The Labute approximate surface area is 147 Å². The summed E-state index contributed by atoms with van der Waals surface area (Å²) in [4.78, 5) is 23.1. The van der Waals surface area contributed by atoms with Gasteiger partial charge in [0.25, 0.3) is 0 Å². The maximum atomic E-state index is 11.6. The van der Waals surface area contributed by atoms with Crippen LogP contribution in [-0.4, -0.2) is 61.8 Å². The second kappa shape index (κ2) is 6.95. The maximum absolute atomic E-state index is 11.6. The minimum atomic E-state index is -0.617. The first-order valence-electron chi connectivity index (χ1n) is 9.33. The Morgan fingerprint density at radius 2 is 1.84 bits per heavy atom. The van der Waals surface area contributed by atoms with E-state index in [9.17, 15) is 9.59 Å². The molecule has 1 spiro atoms. The SMILES string of the molecule is COC(=O)CC1CC[C@@H]2O[C@@H](C=O)[C@H]3OC4(CCCCC4)O[C@H]3[C@H]2O1. The van der Waals surface area contributed by atoms with E-state index in [-0.39, 0.29) is 36.8 Å². The number of carbonyl (C=O) groups excluding carboxylic acids is 2. The van der Waals surface area contributed by atoms with Crippen LogP contribution in [0.4, 0.5) is 0 Å². The molecule has 0 aromatic rings. The lowest BCUT2D eigenvalue weighted by Gasteiger charge is -2.45. The highest BCUT2D eigenvalue weighted by Gasteiger charge is 2.59. The second-order valence-electron chi connectivity index (χ2n) is 7.49. The van der Waals surface area contributed by atoms with Crippen molar-refractivity contribution in [1.29, 1.82) is 0 Å². The molecule has 0 aromatic heterocycles. The van der Waals surface area contributed by atoms with E-state index in [2.05, 4.69) is 0 Å². The Morgan fingerprint density at radius 1 is 1.08 bits per heavy atom. The molecule has 6 atom stereocenters. The Morgan fingerprint density at radius 3 is 2.56 bits per heavy atom. The number of esters is 1. The smallest absolute Gasteiger partial charge is 0.308 e. The van der Waals surface area contributed by atoms with Crippen LogP contribution in [0.5, 0.6) is 0 Å². The van der Waals surface area contributed by atoms with E-state index in [0.29, 0.717) is 6.42 Å². The summed E-state index contributed by atoms with van der Waals surface area (Å²) >= 11 is 0. The van der Waals surface area contributed by atoms with Gasteiger partial charge >= 0.3 is 5.97 Å². The lowest BCUT2D eigenvalue weighted by molar-refractivity contribution is -0.235. The lowest BCUT2D eigenvalue weighted by Crippen LogP contribution is -2.60. The molecule has 3 heterocycles. The summed E-state index contributed by atoms with van der Waals surface area (Å²) in [7, 11) is 1.38. The first-order chi connectivity index (χ1) is 12.1. The molecule has 0 aromatic carbocycles. The van der Waals surface area contributed by atoms with Crippen LogP contribution in [0.3, 0.4) is 0 Å². The van der Waals surface area contributed by atoms with Crippen LogP contribution in [0.15, 0.2) is 0 Å². The predicted molar refractivity (Wildman–Crippen MR) is 84.8 cm³/mol. The van der Waals surface area contributed by atoms with Gasteiger partial charge in [0.05, 0.1) is 25.7 Å². The van der Waals surface area contributed by atoms with Crippen molar-refractivity contribution < 1.29 is 33.3 Å². The summed E-state index contributed by atoms with van der Waals surface area (Å²) in [5.74, 6) is -0.888. The molecule has 1 aliphatic carbocycles. The van der Waals surface area contributed by atoms with Crippen LogP contribution < -0.4 is 0 Å². The fourth-order valence-electron chi connectivity index (χ4n) is 4.63. The average molecular weight is 354 g/mol. The van der Waals surface area contributed by atoms with Crippen LogP contribution in [0.25, 0.3) is 0 Å². The van der Waals surface area contributed by atoms with Gasteiger partial charge in [0.2, 0.25) is 0 Å². The first-order valence-corrected chi connectivity index (χ1v) is 9.33. The van der Waals surface area contributed by atoms with Crippen molar-refractivity contribution in [1.82, 2.24) is 0 Å². The minimum absolute atomic E-state index is 0.201. The third-order valence-corrected chi connectivity index (χ3v) is 5.87. The third-order valence-electron chi connectivity index (χ3n) is 5.87. The fraction of sp³-hybridized carbons (Fsp3) is 0.889. The van der Waals surface area contributed by atoms with E-state index in [4.69, 9.17) is 23.7 Å². The van der Waals surface area contributed by atoms with Gasteiger partial charge in [-0.1, -0.05) is 6.42 Å². The number of hydrogen-bond donors (Lipinski definition) is 0. The Balaban J connectivity index is 1.51. The van der Waals surface area contributed by atoms with Gasteiger partial charge in [0, 0.05) is 12.8 Å². The zero-order valence-electron chi connectivity index (χ0n) is 14.6. The largest absolute Gasteiger partial charge is 0.469 e. The molecule has 140 valence electrons. The summed E-state index contributed by atoms with van der Waals surface area (Å²) < 4.78 is 29.5. The van der Waals surface area contributed by atoms with Gasteiger partial charge in [-0.3, -0.25) is 4.79 Å². The molecule has 0 bridgehead atoms. The first kappa shape index (κ1) is 17.4. The van der Waals surface area contributed by atoms with E-state index < -0.39 is 18.0 Å². The second-order valence-corrected chi connectivity index (χ2v) is 7.49. The molecule has 3 saturated heterocycles. The van der Waals surface area contributed by atoms with Crippen LogP contribution in [0.2, 0.25) is 0 Å². The van der Waals surface area contributed by atoms with Crippen molar-refractivity contribution in [2.24, 2.45) is 0 Å². The Hall–Kier alpha value is -1.02. The molecule has 4 aliphatic rings. The summed E-state index contributed by atoms with van der Waals surface area (Å²) in [5.41, 5.74) is 0. The highest BCUT2D eigenvalue weighted by molar-refractivity contribution is 5.69. The third kappa shape index (κ3) is 3.23. The fourth-order valence-corrected chi connectivity index (χ4v) is 4.63. The van der Waals surface area contributed by atoms with Gasteiger partial charge in [-0.15, -0.1) is 0 Å². The molecular weight excluding hydrogens is 328 g/mol. The number of ether oxygens (including phenoxy) is 5. The zero-order chi connectivity index (χ0) is 17.4. The number of hydrogen-bond acceptors (Lipinski definition) is 7. The van der Waals surface area contributed by atoms with Gasteiger partial charge in [0.15, 0.2) is 12.1 Å². The number of carbonyl (C=O) groups is 2. The lowest BCUT2D eigenvalue weighted by atomic mass is 9.89. The number of methoxy groups -OCH3 is 1. The molecular formula is C18H26O7. The molecule has 4 rings (SSSR count). The van der Waals surface area contributed by atoms with Crippen LogP contribution >= 0.6 is 0 Å². The Kier molecular flexibility index (Phi) is 4.83. The van der Waals surface area contributed by atoms with E-state index in [0.717, 1.165) is 38.4 Å². The van der Waals surface area contributed by atoms with Crippen LogP contribution in [0.1, 0.15) is 51.4 Å². The van der Waals surface area contributed by atoms with Crippen molar-refractivity contribution in [3.8, 4) is 0 Å². The molecule has 3 aliphatic heterocycles. The topological polar surface area (TPSA) is 80.3 Å². The molecule has 1 unspecified atom stereocenters. The standard InChI is InChI=1S/C18H26O7/c1-21-14(20)9-11-5-6-12-15(22-11)17-16(13(10-19)23-12)24-18(25-17)7-3-2-4-8-18/h10-13,15-17H,2-9H2,1H3/t11?,12-,13-,15-,16+,17-/m0/s1. The number of rotatable bonds is 3. The zero-order valence-corrected chi connectivity index (χ0v) is 14.6. The molecule has 4 fully saturated rings. The van der Waals surface area contributed by atoms with Gasteiger partial charge in [0.1, 0.15) is 24.4 Å². The van der Waals surface area contributed by atoms with Crippen molar-refractivity contribution in [3.63, 3.8) is 0 Å². The Bertz CT molecular complexity index is 516. The summed E-state index contributed by atoms with van der Waals surface area (Å²) in [6, 6.07) is 0. The summed E-state index contributed by atoms with van der Waals surface area (Å²) in [5, 5.41) is 0. The van der Waals surface area contributed by atoms with Crippen LogP contribution in [0, 0.1) is 0 Å². The average Bonchev–Trinajstić information content (AvgIpc) is 3.00. The molecule has 7 nitrogen and oxygen atoms in total. The monoisotopic (exact) mass is 354 g/mol. The van der Waals surface area contributed by atoms with Crippen molar-refractivity contribution >= 4 is 12.3 Å². The van der Waals surface area contributed by atoms with E-state index in [1.54, 1.807) is 0 Å². The highest BCUT2D eigenvalue weighted by Crippen LogP contribution is 2.47. The molecule has 1 saturated carbocycles. The predicted octanol–water partition coefficient (Wildman–Crippen LogP) is 1.51. The quantitative estimate of drug-likeness (QED) is 0.561. The van der Waals surface area contributed by atoms with E-state index >= 15 is 0 Å². The normalized spacial score (nSPS) is 42.4.